The molecule has 0 heterocycles. The molecule has 1 aromatic rings. The van der Waals surface area contributed by atoms with Crippen LogP contribution in [0.4, 0.5) is 0 Å². The standard InChI is InChI=1S/C8H5NO2.CH2O2/c9-5-6-1-3-7(4-2-6)8(10)11;2-1-3/h1-4H,(H,10,11);1H,(H,2,3). The molecule has 0 aliphatic carbocycles. The highest BCUT2D eigenvalue weighted by Gasteiger charge is 1.99. The summed E-state index contributed by atoms with van der Waals surface area (Å²) in [7, 11) is 0. The molecule has 0 saturated heterocycles. The normalized spacial score (nSPS) is 7.64. The van der Waals surface area contributed by atoms with Gasteiger partial charge in [-0.25, -0.2) is 4.79 Å². The Labute approximate surface area is 79.8 Å². The molecule has 0 bridgehead atoms. The maximum absolute atomic E-state index is 10.3. The van der Waals surface area contributed by atoms with Crippen molar-refractivity contribution in [3.05, 3.63) is 35.4 Å². The summed E-state index contributed by atoms with van der Waals surface area (Å²) in [5.74, 6) is -0.977. The van der Waals surface area contributed by atoms with E-state index in [1.165, 1.54) is 24.3 Å². The van der Waals surface area contributed by atoms with Gasteiger partial charge in [0.15, 0.2) is 0 Å². The van der Waals surface area contributed by atoms with Crippen LogP contribution in [0.3, 0.4) is 0 Å². The van der Waals surface area contributed by atoms with Crippen LogP contribution in [0.25, 0.3) is 0 Å². The van der Waals surface area contributed by atoms with E-state index in [0.717, 1.165) is 0 Å². The highest BCUT2D eigenvalue weighted by molar-refractivity contribution is 5.87. The monoisotopic (exact) mass is 193 g/mol. The van der Waals surface area contributed by atoms with E-state index in [1.54, 1.807) is 0 Å². The zero-order chi connectivity index (χ0) is 11.0. The van der Waals surface area contributed by atoms with Crippen LogP contribution >= 0.6 is 0 Å². The van der Waals surface area contributed by atoms with Crippen LogP contribution in [0, 0.1) is 11.3 Å². The molecule has 0 unspecified atom stereocenters. The number of nitrogens with zero attached hydrogens (tertiary/aromatic N) is 1. The van der Waals surface area contributed by atoms with E-state index in [1.807, 2.05) is 6.07 Å². The van der Waals surface area contributed by atoms with E-state index >= 15 is 0 Å². The van der Waals surface area contributed by atoms with Crippen molar-refractivity contribution in [2.24, 2.45) is 0 Å². The first-order valence-corrected chi connectivity index (χ1v) is 3.47. The SMILES string of the molecule is N#Cc1ccc(C(=O)O)cc1.O=CO. The summed E-state index contributed by atoms with van der Waals surface area (Å²) < 4.78 is 0. The van der Waals surface area contributed by atoms with Gasteiger partial charge in [0, 0.05) is 0 Å². The number of nitriles is 1. The lowest BCUT2D eigenvalue weighted by Gasteiger charge is -1.91. The van der Waals surface area contributed by atoms with Gasteiger partial charge in [-0.1, -0.05) is 0 Å². The number of rotatable bonds is 1. The molecule has 0 aliphatic rings. The van der Waals surface area contributed by atoms with E-state index in [4.69, 9.17) is 20.3 Å². The van der Waals surface area contributed by atoms with Gasteiger partial charge in [-0.3, -0.25) is 4.79 Å². The highest BCUT2D eigenvalue weighted by atomic mass is 16.4. The number of benzene rings is 1. The van der Waals surface area contributed by atoms with E-state index in [2.05, 4.69) is 0 Å². The van der Waals surface area contributed by atoms with Gasteiger partial charge in [-0.05, 0) is 24.3 Å². The molecule has 0 spiro atoms. The summed E-state index contributed by atoms with van der Waals surface area (Å²) in [4.78, 5) is 18.7. The van der Waals surface area contributed by atoms with Crippen LogP contribution in [0.15, 0.2) is 24.3 Å². The van der Waals surface area contributed by atoms with E-state index in [-0.39, 0.29) is 12.0 Å². The summed E-state index contributed by atoms with van der Waals surface area (Å²) in [6.07, 6.45) is 0. The lowest BCUT2D eigenvalue weighted by Crippen LogP contribution is -1.94. The van der Waals surface area contributed by atoms with Crippen molar-refractivity contribution in [1.29, 1.82) is 5.26 Å². The van der Waals surface area contributed by atoms with Gasteiger partial charge in [-0.2, -0.15) is 5.26 Å². The highest BCUT2D eigenvalue weighted by Crippen LogP contribution is 2.02. The Morgan fingerprint density at radius 2 is 1.79 bits per heavy atom. The fraction of sp³-hybridized carbons (Fsp3) is 0. The number of carboxylic acid groups (broad SMARTS) is 2. The molecule has 1 rings (SSSR count). The van der Waals surface area contributed by atoms with Gasteiger partial charge < -0.3 is 10.2 Å². The van der Waals surface area contributed by atoms with Crippen molar-refractivity contribution in [1.82, 2.24) is 0 Å². The maximum Gasteiger partial charge on any atom is 0.335 e. The predicted molar refractivity (Wildman–Crippen MR) is 46.8 cm³/mol. The fourth-order valence-corrected chi connectivity index (χ4v) is 0.687. The van der Waals surface area contributed by atoms with Crippen LogP contribution in [-0.4, -0.2) is 22.7 Å². The van der Waals surface area contributed by atoms with E-state index < -0.39 is 5.97 Å². The Morgan fingerprint density at radius 3 is 2.07 bits per heavy atom. The quantitative estimate of drug-likeness (QED) is 0.647. The Hall–Kier alpha value is -2.35. The third-order valence-corrected chi connectivity index (χ3v) is 1.26. The lowest BCUT2D eigenvalue weighted by atomic mass is 10.1. The molecule has 0 aliphatic heterocycles. The minimum atomic E-state index is -0.977. The van der Waals surface area contributed by atoms with Crippen LogP contribution in [0.1, 0.15) is 15.9 Å². The maximum atomic E-state index is 10.3. The zero-order valence-electron chi connectivity index (χ0n) is 7.04. The molecule has 0 amide bonds. The molecule has 14 heavy (non-hydrogen) atoms. The molecule has 0 radical (unpaired) electrons. The predicted octanol–water partition coefficient (Wildman–Crippen LogP) is 0.957. The number of hydrogen-bond acceptors (Lipinski definition) is 3. The largest absolute Gasteiger partial charge is 0.483 e. The summed E-state index contributed by atoms with van der Waals surface area (Å²) >= 11 is 0. The Morgan fingerprint density at radius 1 is 1.36 bits per heavy atom. The number of hydrogen-bond donors (Lipinski definition) is 2. The van der Waals surface area contributed by atoms with Gasteiger partial charge >= 0.3 is 5.97 Å². The number of aromatic carboxylic acids is 1. The van der Waals surface area contributed by atoms with Gasteiger partial charge in [0.1, 0.15) is 0 Å². The van der Waals surface area contributed by atoms with Crippen molar-refractivity contribution >= 4 is 12.4 Å². The summed E-state index contributed by atoms with van der Waals surface area (Å²) in [5.41, 5.74) is 0.666. The van der Waals surface area contributed by atoms with Crippen molar-refractivity contribution in [2.45, 2.75) is 0 Å². The third-order valence-electron chi connectivity index (χ3n) is 1.26. The molecule has 0 atom stereocenters. The minimum Gasteiger partial charge on any atom is -0.483 e. The smallest absolute Gasteiger partial charge is 0.335 e. The molecule has 72 valence electrons. The first kappa shape index (κ1) is 11.6. The van der Waals surface area contributed by atoms with Crippen LogP contribution in [0.5, 0.6) is 0 Å². The topological polar surface area (TPSA) is 98.4 Å². The summed E-state index contributed by atoms with van der Waals surface area (Å²) in [6.45, 7) is -0.250. The average molecular weight is 193 g/mol. The van der Waals surface area contributed by atoms with Crippen molar-refractivity contribution in [3.8, 4) is 6.07 Å². The minimum absolute atomic E-state index is 0.198. The molecule has 0 aromatic heterocycles. The molecule has 0 fully saturated rings. The molecule has 1 aromatic carbocycles. The van der Waals surface area contributed by atoms with Gasteiger partial charge in [-0.15, -0.1) is 0 Å². The number of carbonyl (C=O) groups is 2. The Balaban J connectivity index is 0.000000500. The second-order valence-corrected chi connectivity index (χ2v) is 2.10. The summed E-state index contributed by atoms with van der Waals surface area (Å²) in [6, 6.07) is 7.66. The zero-order valence-corrected chi connectivity index (χ0v) is 7.04. The summed E-state index contributed by atoms with van der Waals surface area (Å²) in [5, 5.41) is 23.7. The Bertz CT molecular complexity index is 350. The molecule has 0 saturated carbocycles. The van der Waals surface area contributed by atoms with Crippen molar-refractivity contribution < 1.29 is 19.8 Å². The second-order valence-electron chi connectivity index (χ2n) is 2.10. The first-order chi connectivity index (χ1) is 6.65. The van der Waals surface area contributed by atoms with Crippen molar-refractivity contribution in [2.75, 3.05) is 0 Å². The first-order valence-electron chi connectivity index (χ1n) is 3.47. The van der Waals surface area contributed by atoms with E-state index in [9.17, 15) is 4.79 Å². The van der Waals surface area contributed by atoms with Crippen LogP contribution in [0.2, 0.25) is 0 Å². The molecule has 5 heteroatoms. The van der Waals surface area contributed by atoms with Gasteiger partial charge in [0.25, 0.3) is 6.47 Å². The molecule has 5 nitrogen and oxygen atoms in total. The molecular weight excluding hydrogens is 186 g/mol. The van der Waals surface area contributed by atoms with Gasteiger partial charge in [0.05, 0.1) is 17.2 Å². The lowest BCUT2D eigenvalue weighted by molar-refractivity contribution is -0.122. The second kappa shape index (κ2) is 6.20. The van der Waals surface area contributed by atoms with Crippen LogP contribution in [-0.2, 0) is 4.79 Å². The third kappa shape index (κ3) is 3.88. The Kier molecular flexibility index (Phi) is 5.16. The van der Waals surface area contributed by atoms with Crippen LogP contribution < -0.4 is 0 Å². The van der Waals surface area contributed by atoms with Crippen molar-refractivity contribution in [3.63, 3.8) is 0 Å². The van der Waals surface area contributed by atoms with E-state index in [0.29, 0.717) is 5.56 Å². The molecular formula is C9H7NO4. The average Bonchev–Trinajstić information content (AvgIpc) is 2.19. The fourth-order valence-electron chi connectivity index (χ4n) is 0.687. The number of carboxylic acids is 1. The van der Waals surface area contributed by atoms with Gasteiger partial charge in [0.2, 0.25) is 0 Å². The molecule has 2 N–H and O–H groups in total.